The van der Waals surface area contributed by atoms with E-state index >= 15 is 0 Å². The molecule has 1 unspecified atom stereocenters. The Hall–Kier alpha value is -0.840. The average molecular weight is 353 g/mol. The molecule has 0 aliphatic rings. The van der Waals surface area contributed by atoms with Gasteiger partial charge in [0.25, 0.3) is 0 Å². The molecule has 2 N–H and O–H groups in total. The zero-order valence-corrected chi connectivity index (χ0v) is 14.4. The second kappa shape index (κ2) is 7.25. The summed E-state index contributed by atoms with van der Waals surface area (Å²) in [5.74, 6) is 0. The molecule has 0 radical (unpaired) electrons. The third kappa shape index (κ3) is 4.08. The SMILES string of the molecule is CCN(Cc1cccs1)c1ccc(CC(C)N)c(Br)c1. The van der Waals surface area contributed by atoms with Crippen LogP contribution in [0.1, 0.15) is 24.3 Å². The number of rotatable bonds is 6. The Morgan fingerprint density at radius 1 is 1.35 bits per heavy atom. The summed E-state index contributed by atoms with van der Waals surface area (Å²) >= 11 is 5.48. The van der Waals surface area contributed by atoms with Crippen LogP contribution in [0.15, 0.2) is 40.2 Å². The fraction of sp³-hybridized carbons (Fsp3) is 0.375. The molecule has 108 valence electrons. The Morgan fingerprint density at radius 3 is 2.70 bits per heavy atom. The number of thiophene rings is 1. The van der Waals surface area contributed by atoms with Crippen LogP contribution in [-0.4, -0.2) is 12.6 Å². The third-order valence-corrected chi connectivity index (χ3v) is 4.85. The Balaban J connectivity index is 2.16. The summed E-state index contributed by atoms with van der Waals surface area (Å²) in [6.45, 7) is 6.19. The Bertz CT molecular complexity index is 537. The molecule has 20 heavy (non-hydrogen) atoms. The highest BCUT2D eigenvalue weighted by atomic mass is 79.9. The molecule has 1 aromatic carbocycles. The van der Waals surface area contributed by atoms with Gasteiger partial charge in [-0.1, -0.05) is 28.1 Å². The summed E-state index contributed by atoms with van der Waals surface area (Å²) in [5, 5.41) is 2.13. The Labute approximate surface area is 133 Å². The first-order chi connectivity index (χ1) is 9.60. The molecule has 0 aliphatic carbocycles. The summed E-state index contributed by atoms with van der Waals surface area (Å²) in [7, 11) is 0. The lowest BCUT2D eigenvalue weighted by Crippen LogP contribution is -2.22. The molecule has 0 saturated heterocycles. The zero-order valence-electron chi connectivity index (χ0n) is 12.0. The lowest BCUT2D eigenvalue weighted by atomic mass is 10.1. The Kier molecular flexibility index (Phi) is 5.64. The molecular formula is C16H21BrN2S. The first kappa shape index (κ1) is 15.5. The maximum absolute atomic E-state index is 5.88. The largest absolute Gasteiger partial charge is 0.367 e. The first-order valence-electron chi connectivity index (χ1n) is 6.91. The van der Waals surface area contributed by atoms with Gasteiger partial charge in [-0.15, -0.1) is 11.3 Å². The summed E-state index contributed by atoms with van der Waals surface area (Å²) in [4.78, 5) is 3.77. The minimum absolute atomic E-state index is 0.186. The standard InChI is InChI=1S/C16H21BrN2S/c1-3-19(11-15-5-4-8-20-15)14-7-6-13(9-12(2)18)16(17)10-14/h4-8,10,12H,3,9,11,18H2,1-2H3. The number of nitrogens with zero attached hydrogens (tertiary/aromatic N) is 1. The van der Waals surface area contributed by atoms with Crippen molar-refractivity contribution in [3.8, 4) is 0 Å². The van der Waals surface area contributed by atoms with E-state index in [0.29, 0.717) is 0 Å². The second-order valence-electron chi connectivity index (χ2n) is 5.05. The van der Waals surface area contributed by atoms with Crippen LogP contribution < -0.4 is 10.6 Å². The van der Waals surface area contributed by atoms with Gasteiger partial charge in [0.05, 0.1) is 6.54 Å². The van der Waals surface area contributed by atoms with Crippen LogP contribution in [-0.2, 0) is 13.0 Å². The van der Waals surface area contributed by atoms with Crippen molar-refractivity contribution in [2.24, 2.45) is 5.73 Å². The van der Waals surface area contributed by atoms with Crippen molar-refractivity contribution >= 4 is 33.0 Å². The van der Waals surface area contributed by atoms with Crippen LogP contribution in [0.25, 0.3) is 0 Å². The van der Waals surface area contributed by atoms with E-state index in [0.717, 1.165) is 24.0 Å². The molecule has 0 spiro atoms. The summed E-state index contributed by atoms with van der Waals surface area (Å²) < 4.78 is 1.15. The van der Waals surface area contributed by atoms with E-state index in [1.807, 2.05) is 18.3 Å². The Morgan fingerprint density at radius 2 is 2.15 bits per heavy atom. The topological polar surface area (TPSA) is 29.3 Å². The molecule has 2 aromatic rings. The fourth-order valence-electron chi connectivity index (χ4n) is 2.22. The van der Waals surface area contributed by atoms with Gasteiger partial charge >= 0.3 is 0 Å². The molecule has 4 heteroatoms. The highest BCUT2D eigenvalue weighted by molar-refractivity contribution is 9.10. The summed E-state index contributed by atoms with van der Waals surface area (Å²) in [6.07, 6.45) is 0.901. The minimum atomic E-state index is 0.186. The van der Waals surface area contributed by atoms with Crippen molar-refractivity contribution in [3.63, 3.8) is 0 Å². The van der Waals surface area contributed by atoms with Crippen LogP contribution in [0.4, 0.5) is 5.69 Å². The second-order valence-corrected chi connectivity index (χ2v) is 6.94. The molecule has 1 atom stereocenters. The van der Waals surface area contributed by atoms with Crippen LogP contribution in [0.5, 0.6) is 0 Å². The van der Waals surface area contributed by atoms with E-state index < -0.39 is 0 Å². The maximum Gasteiger partial charge on any atom is 0.0522 e. The summed E-state index contributed by atoms with van der Waals surface area (Å²) in [5.41, 5.74) is 8.40. The quantitative estimate of drug-likeness (QED) is 0.833. The van der Waals surface area contributed by atoms with Gasteiger partial charge in [-0.2, -0.15) is 0 Å². The first-order valence-corrected chi connectivity index (χ1v) is 8.58. The number of nitrogens with two attached hydrogens (primary N) is 1. The lowest BCUT2D eigenvalue weighted by molar-refractivity contribution is 0.735. The monoisotopic (exact) mass is 352 g/mol. The highest BCUT2D eigenvalue weighted by Crippen LogP contribution is 2.26. The van der Waals surface area contributed by atoms with E-state index in [2.05, 4.69) is 63.5 Å². The van der Waals surface area contributed by atoms with Gasteiger partial charge < -0.3 is 10.6 Å². The maximum atomic E-state index is 5.88. The van der Waals surface area contributed by atoms with E-state index in [4.69, 9.17) is 5.73 Å². The molecule has 1 heterocycles. The van der Waals surface area contributed by atoms with E-state index in [1.54, 1.807) is 0 Å². The van der Waals surface area contributed by atoms with Gasteiger partial charge in [0.1, 0.15) is 0 Å². The molecule has 0 bridgehead atoms. The van der Waals surface area contributed by atoms with Gasteiger partial charge in [0.15, 0.2) is 0 Å². The number of hydrogen-bond donors (Lipinski definition) is 1. The molecule has 2 rings (SSSR count). The van der Waals surface area contributed by atoms with Crippen molar-refractivity contribution in [3.05, 3.63) is 50.6 Å². The van der Waals surface area contributed by atoms with Gasteiger partial charge in [-0.3, -0.25) is 0 Å². The van der Waals surface area contributed by atoms with Gasteiger partial charge in [-0.25, -0.2) is 0 Å². The van der Waals surface area contributed by atoms with E-state index in [9.17, 15) is 0 Å². The van der Waals surface area contributed by atoms with Crippen molar-refractivity contribution in [1.82, 2.24) is 0 Å². The predicted molar refractivity (Wildman–Crippen MR) is 92.5 cm³/mol. The normalized spacial score (nSPS) is 12.4. The average Bonchev–Trinajstić information content (AvgIpc) is 2.91. The van der Waals surface area contributed by atoms with Crippen molar-refractivity contribution < 1.29 is 0 Å². The molecule has 0 amide bonds. The van der Waals surface area contributed by atoms with Gasteiger partial charge in [-0.05, 0) is 49.4 Å². The number of hydrogen-bond acceptors (Lipinski definition) is 3. The van der Waals surface area contributed by atoms with Crippen LogP contribution in [0.3, 0.4) is 0 Å². The number of benzene rings is 1. The van der Waals surface area contributed by atoms with Crippen molar-refractivity contribution in [2.75, 3.05) is 11.4 Å². The summed E-state index contributed by atoms with van der Waals surface area (Å²) in [6, 6.07) is 11.1. The highest BCUT2D eigenvalue weighted by Gasteiger charge is 2.09. The number of halogens is 1. The van der Waals surface area contributed by atoms with E-state index in [1.165, 1.54) is 16.1 Å². The van der Waals surface area contributed by atoms with Crippen LogP contribution in [0, 0.1) is 0 Å². The molecule has 0 fully saturated rings. The van der Waals surface area contributed by atoms with Crippen molar-refractivity contribution in [2.45, 2.75) is 32.9 Å². The molecular weight excluding hydrogens is 332 g/mol. The molecule has 2 nitrogen and oxygen atoms in total. The minimum Gasteiger partial charge on any atom is -0.367 e. The molecule has 0 aliphatic heterocycles. The zero-order chi connectivity index (χ0) is 14.5. The number of anilines is 1. The van der Waals surface area contributed by atoms with Crippen molar-refractivity contribution in [1.29, 1.82) is 0 Å². The predicted octanol–water partition coefficient (Wildman–Crippen LogP) is 4.43. The van der Waals surface area contributed by atoms with Crippen LogP contribution in [0.2, 0.25) is 0 Å². The van der Waals surface area contributed by atoms with Crippen LogP contribution >= 0.6 is 27.3 Å². The smallest absolute Gasteiger partial charge is 0.0522 e. The molecule has 0 saturated carbocycles. The lowest BCUT2D eigenvalue weighted by Gasteiger charge is -2.23. The molecule has 1 aromatic heterocycles. The fourth-order valence-corrected chi connectivity index (χ4v) is 3.47. The van der Waals surface area contributed by atoms with Gasteiger partial charge in [0.2, 0.25) is 0 Å². The van der Waals surface area contributed by atoms with Gasteiger partial charge in [0, 0.05) is 27.6 Å². The van der Waals surface area contributed by atoms with E-state index in [-0.39, 0.29) is 6.04 Å². The third-order valence-electron chi connectivity index (χ3n) is 3.25.